The van der Waals surface area contributed by atoms with Crippen molar-refractivity contribution in [3.63, 3.8) is 0 Å². The van der Waals surface area contributed by atoms with Gasteiger partial charge in [0.25, 0.3) is 11.8 Å². The van der Waals surface area contributed by atoms with Crippen LogP contribution in [0, 0.1) is 0 Å². The van der Waals surface area contributed by atoms with Crippen molar-refractivity contribution >= 4 is 34.3 Å². The van der Waals surface area contributed by atoms with Gasteiger partial charge in [-0.3, -0.25) is 20.4 Å². The van der Waals surface area contributed by atoms with E-state index in [1.807, 2.05) is 41.1 Å². The molecule has 0 radical (unpaired) electrons. The number of carbonyl (C=O) groups excluding carboxylic acids is 2. The van der Waals surface area contributed by atoms with Crippen molar-refractivity contribution < 1.29 is 9.59 Å². The number of hydrazine groups is 1. The minimum Gasteiger partial charge on any atom is -0.338 e. The Morgan fingerprint density at radius 3 is 2.65 bits per heavy atom. The molecule has 0 aliphatic rings. The van der Waals surface area contributed by atoms with Crippen LogP contribution >= 0.6 is 11.6 Å². The summed E-state index contributed by atoms with van der Waals surface area (Å²) in [7, 11) is 0. The summed E-state index contributed by atoms with van der Waals surface area (Å²) in [6, 6.07) is 16.2. The molecule has 0 saturated carbocycles. The summed E-state index contributed by atoms with van der Waals surface area (Å²) in [6.07, 6.45) is 1.84. The number of hydrogen-bond acceptors (Lipinski definition) is 2. The molecule has 2 aromatic carbocycles. The molecule has 0 atom stereocenters. The quantitative estimate of drug-likeness (QED) is 0.727. The maximum atomic E-state index is 12.0. The zero-order valence-corrected chi connectivity index (χ0v) is 12.9. The third-order valence-electron chi connectivity index (χ3n) is 3.40. The molecule has 0 fully saturated rings. The molecule has 0 spiro atoms. The average molecular weight is 328 g/mol. The van der Waals surface area contributed by atoms with E-state index in [-0.39, 0.29) is 12.5 Å². The van der Waals surface area contributed by atoms with Crippen molar-refractivity contribution in [2.75, 3.05) is 0 Å². The van der Waals surface area contributed by atoms with Crippen molar-refractivity contribution in [3.05, 3.63) is 71.4 Å². The molecule has 0 aliphatic heterocycles. The molecule has 3 aromatic rings. The fourth-order valence-corrected chi connectivity index (χ4v) is 2.49. The van der Waals surface area contributed by atoms with Gasteiger partial charge in [-0.15, -0.1) is 0 Å². The lowest BCUT2D eigenvalue weighted by atomic mass is 10.2. The molecule has 1 aromatic heterocycles. The van der Waals surface area contributed by atoms with Crippen molar-refractivity contribution in [2.45, 2.75) is 6.54 Å². The van der Waals surface area contributed by atoms with E-state index in [0.717, 1.165) is 10.9 Å². The molecular weight excluding hydrogens is 314 g/mol. The number of para-hydroxylation sites is 1. The molecule has 23 heavy (non-hydrogen) atoms. The van der Waals surface area contributed by atoms with Gasteiger partial charge in [-0.1, -0.05) is 35.9 Å². The lowest BCUT2D eigenvalue weighted by Crippen LogP contribution is -2.43. The summed E-state index contributed by atoms with van der Waals surface area (Å²) in [4.78, 5) is 23.9. The van der Waals surface area contributed by atoms with Gasteiger partial charge in [0, 0.05) is 22.3 Å². The highest BCUT2D eigenvalue weighted by Crippen LogP contribution is 2.14. The summed E-state index contributed by atoms with van der Waals surface area (Å²) >= 11 is 5.83. The van der Waals surface area contributed by atoms with Gasteiger partial charge in [0.2, 0.25) is 0 Å². The molecule has 1 heterocycles. The van der Waals surface area contributed by atoms with Gasteiger partial charge < -0.3 is 4.57 Å². The summed E-state index contributed by atoms with van der Waals surface area (Å²) < 4.78 is 1.82. The predicted octanol–water partition coefficient (Wildman–Crippen LogP) is 2.76. The number of nitrogens with zero attached hydrogens (tertiary/aromatic N) is 1. The lowest BCUT2D eigenvalue weighted by molar-refractivity contribution is -0.122. The van der Waals surface area contributed by atoms with E-state index in [9.17, 15) is 9.59 Å². The Kier molecular flexibility index (Phi) is 4.30. The van der Waals surface area contributed by atoms with Crippen LogP contribution in [-0.4, -0.2) is 16.4 Å². The van der Waals surface area contributed by atoms with Crippen LogP contribution in [0.4, 0.5) is 0 Å². The molecule has 2 N–H and O–H groups in total. The predicted molar refractivity (Wildman–Crippen MR) is 89.0 cm³/mol. The van der Waals surface area contributed by atoms with Gasteiger partial charge in [0.1, 0.15) is 6.54 Å². The van der Waals surface area contributed by atoms with Gasteiger partial charge in [0.05, 0.1) is 0 Å². The number of benzene rings is 2. The lowest BCUT2D eigenvalue weighted by Gasteiger charge is -2.09. The van der Waals surface area contributed by atoms with Crippen molar-refractivity contribution in [3.8, 4) is 0 Å². The number of amides is 2. The van der Waals surface area contributed by atoms with Crippen LogP contribution in [0.2, 0.25) is 5.02 Å². The SMILES string of the molecule is O=C(Cn1ccc2ccccc21)NNC(=O)c1cccc(Cl)c1. The Morgan fingerprint density at radius 1 is 1.00 bits per heavy atom. The molecule has 0 saturated heterocycles. The number of carbonyl (C=O) groups is 2. The van der Waals surface area contributed by atoms with Crippen LogP contribution in [0.15, 0.2) is 60.8 Å². The maximum absolute atomic E-state index is 12.0. The molecule has 0 aliphatic carbocycles. The first-order valence-corrected chi connectivity index (χ1v) is 7.40. The van der Waals surface area contributed by atoms with Crippen LogP contribution in [0.25, 0.3) is 10.9 Å². The van der Waals surface area contributed by atoms with Gasteiger partial charge >= 0.3 is 0 Å². The second-order valence-electron chi connectivity index (χ2n) is 5.02. The Balaban J connectivity index is 1.60. The van der Waals surface area contributed by atoms with Crippen molar-refractivity contribution in [2.24, 2.45) is 0 Å². The van der Waals surface area contributed by atoms with E-state index >= 15 is 0 Å². The fourth-order valence-electron chi connectivity index (χ4n) is 2.30. The maximum Gasteiger partial charge on any atom is 0.269 e. The van der Waals surface area contributed by atoms with Crippen LogP contribution in [0.1, 0.15) is 10.4 Å². The number of rotatable bonds is 3. The van der Waals surface area contributed by atoms with Gasteiger partial charge in [-0.05, 0) is 35.7 Å². The fraction of sp³-hybridized carbons (Fsp3) is 0.0588. The number of halogens is 1. The van der Waals surface area contributed by atoms with E-state index < -0.39 is 5.91 Å². The normalized spacial score (nSPS) is 10.5. The third-order valence-corrected chi connectivity index (χ3v) is 3.63. The van der Waals surface area contributed by atoms with Crippen LogP contribution < -0.4 is 10.9 Å². The minimum absolute atomic E-state index is 0.114. The number of fused-ring (bicyclic) bond motifs is 1. The highest BCUT2D eigenvalue weighted by molar-refractivity contribution is 6.30. The summed E-state index contributed by atoms with van der Waals surface area (Å²) in [5.41, 5.74) is 6.12. The molecule has 3 rings (SSSR count). The third kappa shape index (κ3) is 3.52. The number of hydrogen-bond donors (Lipinski definition) is 2. The molecule has 0 bridgehead atoms. The monoisotopic (exact) mass is 327 g/mol. The summed E-state index contributed by atoms with van der Waals surface area (Å²) in [5.74, 6) is -0.736. The highest BCUT2D eigenvalue weighted by Gasteiger charge is 2.09. The molecule has 6 heteroatoms. The minimum atomic E-state index is -0.418. The Bertz CT molecular complexity index is 873. The van der Waals surface area contributed by atoms with Gasteiger partial charge in [-0.2, -0.15) is 0 Å². The second kappa shape index (κ2) is 6.54. The largest absolute Gasteiger partial charge is 0.338 e. The molecule has 2 amide bonds. The van der Waals surface area contributed by atoms with Crippen molar-refractivity contribution in [1.82, 2.24) is 15.4 Å². The second-order valence-corrected chi connectivity index (χ2v) is 5.45. The first kappa shape index (κ1) is 15.1. The van der Waals surface area contributed by atoms with E-state index in [0.29, 0.717) is 10.6 Å². The van der Waals surface area contributed by atoms with E-state index in [2.05, 4.69) is 10.9 Å². The topological polar surface area (TPSA) is 63.1 Å². The first-order valence-electron chi connectivity index (χ1n) is 7.02. The molecule has 116 valence electrons. The summed E-state index contributed by atoms with van der Waals surface area (Å²) in [6.45, 7) is 0.114. The van der Waals surface area contributed by atoms with Gasteiger partial charge in [0.15, 0.2) is 0 Å². The van der Waals surface area contributed by atoms with E-state index in [1.165, 1.54) is 6.07 Å². The van der Waals surface area contributed by atoms with Crippen LogP contribution in [0.5, 0.6) is 0 Å². The molecular formula is C17H14ClN3O2. The average Bonchev–Trinajstić information content (AvgIpc) is 2.96. The van der Waals surface area contributed by atoms with E-state index in [4.69, 9.17) is 11.6 Å². The summed E-state index contributed by atoms with van der Waals surface area (Å²) in [5, 5.41) is 1.52. The Hall–Kier alpha value is -2.79. The zero-order chi connectivity index (χ0) is 16.2. The first-order chi connectivity index (χ1) is 11.1. The zero-order valence-electron chi connectivity index (χ0n) is 12.1. The Labute approximate surface area is 137 Å². The van der Waals surface area contributed by atoms with Crippen LogP contribution in [0.3, 0.4) is 0 Å². The van der Waals surface area contributed by atoms with E-state index in [1.54, 1.807) is 18.2 Å². The van der Waals surface area contributed by atoms with Crippen LogP contribution in [-0.2, 0) is 11.3 Å². The highest BCUT2D eigenvalue weighted by atomic mass is 35.5. The van der Waals surface area contributed by atoms with Crippen molar-refractivity contribution in [1.29, 1.82) is 0 Å². The molecule has 0 unspecified atom stereocenters. The smallest absolute Gasteiger partial charge is 0.269 e. The standard InChI is InChI=1S/C17H14ClN3O2/c18-14-6-3-5-13(10-14)17(23)20-19-16(22)11-21-9-8-12-4-1-2-7-15(12)21/h1-10H,11H2,(H,19,22)(H,20,23). The van der Waals surface area contributed by atoms with Gasteiger partial charge in [-0.25, -0.2) is 0 Å². The number of nitrogens with one attached hydrogen (secondary N) is 2. The molecule has 5 nitrogen and oxygen atoms in total. The number of aromatic nitrogens is 1. The Morgan fingerprint density at radius 2 is 1.83 bits per heavy atom.